The third-order valence-corrected chi connectivity index (χ3v) is 5.18. The van der Waals surface area contributed by atoms with Gasteiger partial charge in [0.05, 0.1) is 17.1 Å². The van der Waals surface area contributed by atoms with Gasteiger partial charge in [0, 0.05) is 18.2 Å². The molecule has 3 rings (SSSR count). The zero-order chi connectivity index (χ0) is 23.4. The van der Waals surface area contributed by atoms with Crippen molar-refractivity contribution in [2.45, 2.75) is 27.4 Å². The van der Waals surface area contributed by atoms with Crippen molar-refractivity contribution in [3.05, 3.63) is 83.6 Å². The maximum absolute atomic E-state index is 12.2. The number of benzene rings is 2. The number of rotatable bonds is 6. The quantitative estimate of drug-likeness (QED) is 0.338. The summed E-state index contributed by atoms with van der Waals surface area (Å²) in [6.07, 6.45) is 0. The summed E-state index contributed by atoms with van der Waals surface area (Å²) >= 11 is 0. The Morgan fingerprint density at radius 1 is 1.06 bits per heavy atom. The number of nitrogens with zero attached hydrogens (tertiary/aromatic N) is 3. The SMILES string of the molecule is C=C(C)c1cccc(-c2ccc(OCc3c(C)cccc3N(N)C(=O)N(C)N)c(C)c2)n1. The highest BCUT2D eigenvalue weighted by molar-refractivity contribution is 5.91. The predicted molar refractivity (Wildman–Crippen MR) is 129 cm³/mol. The second kappa shape index (κ2) is 9.64. The lowest BCUT2D eigenvalue weighted by Gasteiger charge is -2.24. The number of aromatic nitrogens is 1. The van der Waals surface area contributed by atoms with Crippen molar-refractivity contribution < 1.29 is 9.53 Å². The third-order valence-electron chi connectivity index (χ3n) is 5.18. The number of hydrogen-bond donors (Lipinski definition) is 2. The van der Waals surface area contributed by atoms with E-state index in [0.29, 0.717) is 5.69 Å². The Bertz CT molecular complexity index is 1160. The first-order valence-electron chi connectivity index (χ1n) is 10.2. The first kappa shape index (κ1) is 23.0. The molecular weight excluding hydrogens is 402 g/mol. The fourth-order valence-electron chi connectivity index (χ4n) is 3.33. The second-order valence-electron chi connectivity index (χ2n) is 7.79. The van der Waals surface area contributed by atoms with E-state index in [9.17, 15) is 4.79 Å². The lowest BCUT2D eigenvalue weighted by atomic mass is 10.1. The highest BCUT2D eigenvalue weighted by Crippen LogP contribution is 2.29. The molecular formula is C25H29N5O2. The van der Waals surface area contributed by atoms with Crippen molar-refractivity contribution in [2.24, 2.45) is 11.7 Å². The number of urea groups is 1. The van der Waals surface area contributed by atoms with Gasteiger partial charge in [-0.05, 0) is 73.9 Å². The zero-order valence-electron chi connectivity index (χ0n) is 18.9. The minimum absolute atomic E-state index is 0.251. The number of aryl methyl sites for hydroxylation is 2. The van der Waals surface area contributed by atoms with Crippen LogP contribution in [-0.2, 0) is 6.61 Å². The number of allylic oxidation sites excluding steroid dienone is 1. The lowest BCUT2D eigenvalue weighted by molar-refractivity contribution is 0.216. The largest absolute Gasteiger partial charge is 0.489 e. The van der Waals surface area contributed by atoms with Crippen molar-refractivity contribution in [1.29, 1.82) is 0 Å². The smallest absolute Gasteiger partial charge is 0.352 e. The summed E-state index contributed by atoms with van der Waals surface area (Å²) < 4.78 is 6.11. The summed E-state index contributed by atoms with van der Waals surface area (Å²) in [6, 6.07) is 16.9. The van der Waals surface area contributed by atoms with Crippen LogP contribution < -0.4 is 21.4 Å². The van der Waals surface area contributed by atoms with Gasteiger partial charge in [-0.25, -0.2) is 26.5 Å². The normalized spacial score (nSPS) is 10.6. The lowest BCUT2D eigenvalue weighted by Crippen LogP contribution is -2.49. The minimum Gasteiger partial charge on any atom is -0.489 e. The molecule has 0 spiro atoms. The summed E-state index contributed by atoms with van der Waals surface area (Å²) in [5, 5.41) is 1.97. The molecule has 0 saturated heterocycles. The van der Waals surface area contributed by atoms with Crippen LogP contribution in [-0.4, -0.2) is 23.1 Å². The summed E-state index contributed by atoms with van der Waals surface area (Å²) in [5.74, 6) is 12.3. The number of nitrogens with two attached hydrogens (primary N) is 2. The molecule has 2 aromatic carbocycles. The van der Waals surface area contributed by atoms with Crippen molar-refractivity contribution in [1.82, 2.24) is 9.99 Å². The van der Waals surface area contributed by atoms with Crippen molar-refractivity contribution in [3.8, 4) is 17.0 Å². The van der Waals surface area contributed by atoms with E-state index < -0.39 is 6.03 Å². The van der Waals surface area contributed by atoms with Crippen LogP contribution in [0.3, 0.4) is 0 Å². The monoisotopic (exact) mass is 431 g/mol. The van der Waals surface area contributed by atoms with E-state index in [0.717, 1.165) is 55.0 Å². The van der Waals surface area contributed by atoms with Gasteiger partial charge in [-0.15, -0.1) is 0 Å². The molecule has 1 heterocycles. The van der Waals surface area contributed by atoms with Crippen LogP contribution in [0, 0.1) is 13.8 Å². The third kappa shape index (κ3) is 4.96. The number of hydrazine groups is 2. The molecule has 0 atom stereocenters. The molecule has 7 heteroatoms. The van der Waals surface area contributed by atoms with E-state index >= 15 is 0 Å². The fraction of sp³-hybridized carbons (Fsp3) is 0.200. The molecule has 4 N–H and O–H groups in total. The highest BCUT2D eigenvalue weighted by Gasteiger charge is 2.19. The summed E-state index contributed by atoms with van der Waals surface area (Å²) in [5.41, 5.74) is 6.96. The van der Waals surface area contributed by atoms with Gasteiger partial charge in [0.15, 0.2) is 0 Å². The number of ether oxygens (including phenoxy) is 1. The van der Waals surface area contributed by atoms with E-state index in [1.54, 1.807) is 6.07 Å². The van der Waals surface area contributed by atoms with Crippen LogP contribution in [0.1, 0.15) is 29.3 Å². The van der Waals surface area contributed by atoms with Crippen LogP contribution in [0.4, 0.5) is 10.5 Å². The molecule has 0 radical (unpaired) electrons. The first-order valence-corrected chi connectivity index (χ1v) is 10.2. The molecule has 0 fully saturated rings. The molecule has 0 bridgehead atoms. The fourth-order valence-corrected chi connectivity index (χ4v) is 3.33. The van der Waals surface area contributed by atoms with Crippen molar-refractivity contribution in [3.63, 3.8) is 0 Å². The van der Waals surface area contributed by atoms with Gasteiger partial charge in [0.25, 0.3) is 0 Å². The van der Waals surface area contributed by atoms with Gasteiger partial charge in [-0.2, -0.15) is 0 Å². The van der Waals surface area contributed by atoms with Crippen LogP contribution >= 0.6 is 0 Å². The van der Waals surface area contributed by atoms with Gasteiger partial charge in [0.1, 0.15) is 12.4 Å². The maximum atomic E-state index is 12.2. The van der Waals surface area contributed by atoms with Gasteiger partial charge >= 0.3 is 6.03 Å². The molecule has 0 unspecified atom stereocenters. The second-order valence-corrected chi connectivity index (χ2v) is 7.79. The van der Waals surface area contributed by atoms with Crippen LogP contribution in [0.25, 0.3) is 16.8 Å². The highest BCUT2D eigenvalue weighted by atomic mass is 16.5. The number of hydrogen-bond acceptors (Lipinski definition) is 5. The average Bonchev–Trinajstić information content (AvgIpc) is 2.77. The van der Waals surface area contributed by atoms with Crippen molar-refractivity contribution >= 4 is 17.3 Å². The molecule has 0 saturated carbocycles. The van der Waals surface area contributed by atoms with E-state index in [-0.39, 0.29) is 6.61 Å². The molecule has 3 aromatic rings. The van der Waals surface area contributed by atoms with E-state index in [4.69, 9.17) is 16.4 Å². The topological polar surface area (TPSA) is 97.7 Å². The standard InChI is InChI=1S/C25H29N5O2/c1-16(2)21-9-7-10-22(28-21)19-12-13-24(18(4)14-19)32-15-20-17(3)8-6-11-23(20)30(27)25(31)29(5)26/h6-14H,1,15,26-27H2,2-5H3. The minimum atomic E-state index is -0.526. The molecule has 2 amide bonds. The predicted octanol–water partition coefficient (Wildman–Crippen LogP) is 4.58. The number of amides is 2. The number of pyridine rings is 1. The Morgan fingerprint density at radius 2 is 1.78 bits per heavy atom. The van der Waals surface area contributed by atoms with E-state index in [2.05, 4.69) is 11.6 Å². The van der Waals surface area contributed by atoms with E-state index in [1.165, 1.54) is 7.05 Å². The zero-order valence-corrected chi connectivity index (χ0v) is 18.9. The average molecular weight is 432 g/mol. The first-order chi connectivity index (χ1) is 15.2. The molecule has 0 aliphatic carbocycles. The Kier molecular flexibility index (Phi) is 6.92. The molecule has 7 nitrogen and oxygen atoms in total. The summed E-state index contributed by atoms with van der Waals surface area (Å²) in [4.78, 5) is 16.9. The maximum Gasteiger partial charge on any atom is 0.352 e. The van der Waals surface area contributed by atoms with Crippen LogP contribution in [0.5, 0.6) is 5.75 Å². The van der Waals surface area contributed by atoms with Gasteiger partial charge in [0.2, 0.25) is 0 Å². The molecule has 0 aliphatic heterocycles. The summed E-state index contributed by atoms with van der Waals surface area (Å²) in [7, 11) is 1.44. The number of carbonyl (C=O) groups excluding carboxylic acids is 1. The van der Waals surface area contributed by atoms with Crippen molar-refractivity contribution in [2.75, 3.05) is 12.1 Å². The van der Waals surface area contributed by atoms with E-state index in [1.807, 2.05) is 69.3 Å². The van der Waals surface area contributed by atoms with Gasteiger partial charge in [-0.3, -0.25) is 5.01 Å². The van der Waals surface area contributed by atoms with Gasteiger partial charge in [-0.1, -0.05) is 24.8 Å². The number of carbonyl (C=O) groups is 1. The molecule has 1 aromatic heterocycles. The molecule has 166 valence electrons. The Balaban J connectivity index is 1.84. The molecule has 0 aliphatic rings. The Labute approximate surface area is 188 Å². The Morgan fingerprint density at radius 3 is 2.44 bits per heavy atom. The van der Waals surface area contributed by atoms with Crippen LogP contribution in [0.15, 0.2) is 61.2 Å². The summed E-state index contributed by atoms with van der Waals surface area (Å²) in [6.45, 7) is 10.1. The van der Waals surface area contributed by atoms with Gasteiger partial charge < -0.3 is 4.74 Å². The number of anilines is 1. The van der Waals surface area contributed by atoms with Crippen LogP contribution in [0.2, 0.25) is 0 Å². The molecule has 32 heavy (non-hydrogen) atoms. The Hall–Kier alpha value is -3.68.